The second kappa shape index (κ2) is 8.47. The zero-order valence-electron chi connectivity index (χ0n) is 15.8. The topological polar surface area (TPSA) is 138 Å². The maximum Gasteiger partial charge on any atom is 0.325 e. The van der Waals surface area contributed by atoms with Crippen molar-refractivity contribution in [1.82, 2.24) is 9.97 Å². The van der Waals surface area contributed by atoms with Gasteiger partial charge < -0.3 is 20.6 Å². The number of carbonyl (C=O) groups excluding carboxylic acids is 2. The van der Waals surface area contributed by atoms with E-state index in [1.807, 2.05) is 12.1 Å². The van der Waals surface area contributed by atoms with E-state index in [0.717, 1.165) is 5.56 Å². The van der Waals surface area contributed by atoms with Gasteiger partial charge in [-0.25, -0.2) is 4.79 Å². The number of H-pyrrole nitrogens is 2. The van der Waals surface area contributed by atoms with Crippen molar-refractivity contribution in [3.63, 3.8) is 0 Å². The van der Waals surface area contributed by atoms with Crippen LogP contribution in [0.3, 0.4) is 0 Å². The number of rotatable bonds is 8. The molecule has 8 heteroatoms. The number of carbonyl (C=O) groups is 2. The van der Waals surface area contributed by atoms with Gasteiger partial charge in [0.05, 0.1) is 11.6 Å². The molecule has 8 nitrogen and oxygen atoms in total. The highest BCUT2D eigenvalue weighted by Gasteiger charge is 2.23. The monoisotopic (exact) mass is 395 g/mol. The Morgan fingerprint density at radius 1 is 1.03 bits per heavy atom. The third-order valence-corrected chi connectivity index (χ3v) is 4.57. The quantitative estimate of drug-likeness (QED) is 0.434. The van der Waals surface area contributed by atoms with Crippen molar-refractivity contribution in [1.29, 1.82) is 0 Å². The lowest BCUT2D eigenvalue weighted by molar-refractivity contribution is -0.119. The van der Waals surface area contributed by atoms with Gasteiger partial charge in [0.25, 0.3) is 0 Å². The van der Waals surface area contributed by atoms with Gasteiger partial charge in [-0.15, -0.1) is 0 Å². The third-order valence-electron chi connectivity index (χ3n) is 4.57. The molecule has 1 amide bonds. The smallest absolute Gasteiger partial charge is 0.325 e. The first-order chi connectivity index (χ1) is 13.8. The highest BCUT2D eigenvalue weighted by Crippen LogP contribution is 2.26. The highest BCUT2D eigenvalue weighted by atomic mass is 16.5. The molecule has 0 aliphatic carbocycles. The van der Waals surface area contributed by atoms with Crippen molar-refractivity contribution in [2.45, 2.75) is 25.7 Å². The molecule has 0 saturated carbocycles. The van der Waals surface area contributed by atoms with Gasteiger partial charge in [-0.3, -0.25) is 14.6 Å². The molecule has 3 rings (SSSR count). The summed E-state index contributed by atoms with van der Waals surface area (Å²) in [7, 11) is 0. The van der Waals surface area contributed by atoms with Crippen LogP contribution in [0.15, 0.2) is 53.3 Å². The number of nitrogens with one attached hydrogen (secondary N) is 2. The third kappa shape index (κ3) is 4.92. The summed E-state index contributed by atoms with van der Waals surface area (Å²) < 4.78 is 5.76. The molecule has 0 aliphatic heterocycles. The van der Waals surface area contributed by atoms with Gasteiger partial charge in [0.1, 0.15) is 11.5 Å². The van der Waals surface area contributed by atoms with Crippen molar-refractivity contribution in [2.75, 3.05) is 0 Å². The first kappa shape index (κ1) is 19.9. The van der Waals surface area contributed by atoms with Crippen molar-refractivity contribution in [3.8, 4) is 17.4 Å². The number of ether oxygens (including phenoxy) is 1. The fourth-order valence-electron chi connectivity index (χ4n) is 3.00. The van der Waals surface area contributed by atoms with E-state index in [0.29, 0.717) is 29.9 Å². The minimum Gasteiger partial charge on any atom is -0.493 e. The van der Waals surface area contributed by atoms with Crippen LogP contribution < -0.4 is 16.2 Å². The van der Waals surface area contributed by atoms with Crippen LogP contribution in [0.4, 0.5) is 0 Å². The molecule has 1 unspecified atom stereocenters. The maximum atomic E-state index is 11.7. The van der Waals surface area contributed by atoms with E-state index < -0.39 is 17.5 Å². The molecule has 1 aromatic heterocycles. The van der Waals surface area contributed by atoms with Gasteiger partial charge in [-0.1, -0.05) is 12.1 Å². The van der Waals surface area contributed by atoms with Crippen LogP contribution in [-0.4, -0.2) is 26.8 Å². The van der Waals surface area contributed by atoms with Crippen molar-refractivity contribution < 1.29 is 19.4 Å². The second-order valence-corrected chi connectivity index (χ2v) is 6.66. The van der Waals surface area contributed by atoms with Crippen LogP contribution in [0.5, 0.6) is 17.4 Å². The van der Waals surface area contributed by atoms with Gasteiger partial charge in [-0.05, 0) is 61.7 Å². The minimum absolute atomic E-state index is 0.00722. The number of benzene rings is 2. The Bertz CT molecular complexity index is 1060. The molecular weight excluding hydrogens is 374 g/mol. The zero-order valence-corrected chi connectivity index (χ0v) is 15.8. The lowest BCUT2D eigenvalue weighted by Crippen LogP contribution is -2.23. The molecule has 29 heavy (non-hydrogen) atoms. The lowest BCUT2D eigenvalue weighted by Gasteiger charge is -2.12. The van der Waals surface area contributed by atoms with E-state index in [1.165, 1.54) is 6.92 Å². The number of nitrogens with two attached hydrogens (primary N) is 1. The molecule has 2 aromatic carbocycles. The molecule has 5 N–H and O–H groups in total. The molecular formula is C21H21N3O5. The largest absolute Gasteiger partial charge is 0.493 e. The lowest BCUT2D eigenvalue weighted by atomic mass is 9.96. The number of amides is 1. The Kier molecular flexibility index (Phi) is 5.82. The number of imidazole rings is 1. The first-order valence-electron chi connectivity index (χ1n) is 9.01. The maximum absolute atomic E-state index is 11.7. The molecule has 1 heterocycles. The van der Waals surface area contributed by atoms with Gasteiger partial charge in [0.15, 0.2) is 5.78 Å². The van der Waals surface area contributed by atoms with Crippen LogP contribution in [0.1, 0.15) is 40.9 Å². The number of aromatic nitrogens is 2. The summed E-state index contributed by atoms with van der Waals surface area (Å²) in [6.45, 7) is 1.51. The summed E-state index contributed by atoms with van der Waals surface area (Å²) in [5.74, 6) is -0.591. The Morgan fingerprint density at radius 2 is 1.62 bits per heavy atom. The van der Waals surface area contributed by atoms with Crippen molar-refractivity contribution in [3.05, 3.63) is 75.8 Å². The van der Waals surface area contributed by atoms with Crippen LogP contribution >= 0.6 is 0 Å². The molecule has 0 radical (unpaired) electrons. The van der Waals surface area contributed by atoms with Crippen LogP contribution in [0.25, 0.3) is 0 Å². The Hall–Kier alpha value is -3.81. The summed E-state index contributed by atoms with van der Waals surface area (Å²) >= 11 is 0. The standard InChI is InChI=1S/C21H21N3O5/c1-12(25)14-5-9-16(10-6-14)29-15-7-2-13(3-8-15)4-11-17(19(22)26)18-20(27)24-21(28)23-18/h2-3,5-10,17,27H,4,11H2,1H3,(H2,22,26)(H2,23,24,28). The Balaban J connectivity index is 1.63. The SMILES string of the molecule is CC(=O)c1ccc(Oc2ccc(CCC(C(N)=O)c3[nH]c(=O)[nH]c3O)cc2)cc1. The van der Waals surface area contributed by atoms with Gasteiger partial charge in [0, 0.05) is 5.56 Å². The van der Waals surface area contributed by atoms with Gasteiger partial charge in [0.2, 0.25) is 11.8 Å². The Morgan fingerprint density at radius 3 is 2.10 bits per heavy atom. The van der Waals surface area contributed by atoms with Crippen LogP contribution in [-0.2, 0) is 11.2 Å². The molecule has 150 valence electrons. The van der Waals surface area contributed by atoms with Gasteiger partial charge >= 0.3 is 5.69 Å². The predicted molar refractivity (Wildman–Crippen MR) is 106 cm³/mol. The first-order valence-corrected chi connectivity index (χ1v) is 9.01. The fourth-order valence-corrected chi connectivity index (χ4v) is 3.00. The van der Waals surface area contributed by atoms with Crippen molar-refractivity contribution in [2.24, 2.45) is 5.73 Å². The number of hydrogen-bond acceptors (Lipinski definition) is 5. The highest BCUT2D eigenvalue weighted by molar-refractivity contribution is 5.94. The number of Topliss-reactive ketones (excluding diaryl/α,β-unsaturated/α-hetero) is 1. The second-order valence-electron chi connectivity index (χ2n) is 6.66. The van der Waals surface area contributed by atoms with E-state index in [4.69, 9.17) is 10.5 Å². The number of aryl methyl sites for hydroxylation is 1. The molecule has 0 aliphatic rings. The molecule has 3 aromatic rings. The summed E-state index contributed by atoms with van der Waals surface area (Å²) in [4.78, 5) is 38.9. The molecule has 0 spiro atoms. The predicted octanol–water partition coefficient (Wildman–Crippen LogP) is 2.61. The van der Waals surface area contributed by atoms with Crippen LogP contribution in [0.2, 0.25) is 0 Å². The number of aromatic hydroxyl groups is 1. The normalized spacial score (nSPS) is 11.8. The number of aromatic amines is 2. The van der Waals surface area contributed by atoms with E-state index in [1.54, 1.807) is 36.4 Å². The van der Waals surface area contributed by atoms with Gasteiger partial charge in [-0.2, -0.15) is 0 Å². The Labute approximate surface area is 166 Å². The summed E-state index contributed by atoms with van der Waals surface area (Å²) in [5.41, 5.74) is 6.48. The summed E-state index contributed by atoms with van der Waals surface area (Å²) in [6.07, 6.45) is 0.831. The molecule has 1 atom stereocenters. The number of primary amides is 1. The average Bonchev–Trinajstić information content (AvgIpc) is 3.01. The van der Waals surface area contributed by atoms with Crippen LogP contribution in [0, 0.1) is 0 Å². The zero-order chi connectivity index (χ0) is 21.0. The van der Waals surface area contributed by atoms with E-state index >= 15 is 0 Å². The van der Waals surface area contributed by atoms with E-state index in [-0.39, 0.29) is 17.4 Å². The summed E-state index contributed by atoms with van der Waals surface area (Å²) in [5, 5.41) is 9.74. The van der Waals surface area contributed by atoms with Crippen molar-refractivity contribution >= 4 is 11.7 Å². The van der Waals surface area contributed by atoms with E-state index in [2.05, 4.69) is 9.97 Å². The fraction of sp³-hybridized carbons (Fsp3) is 0.190. The molecule has 0 fully saturated rings. The molecule has 0 saturated heterocycles. The minimum atomic E-state index is -0.815. The average molecular weight is 395 g/mol. The van der Waals surface area contributed by atoms with E-state index in [9.17, 15) is 19.5 Å². The molecule has 0 bridgehead atoms. The number of hydrogen-bond donors (Lipinski definition) is 4. The summed E-state index contributed by atoms with van der Waals surface area (Å²) in [6, 6.07) is 14.2. The number of ketones is 1.